The van der Waals surface area contributed by atoms with Gasteiger partial charge in [0.15, 0.2) is 0 Å². The van der Waals surface area contributed by atoms with Gasteiger partial charge in [-0.15, -0.1) is 0 Å². The number of halogens is 1. The third-order valence-electron chi connectivity index (χ3n) is 3.57. The number of ether oxygens (including phenoxy) is 2. The Morgan fingerprint density at radius 1 is 1.58 bits per heavy atom. The monoisotopic (exact) mass is 284 g/mol. The van der Waals surface area contributed by atoms with Gasteiger partial charge in [-0.05, 0) is 43.9 Å². The van der Waals surface area contributed by atoms with E-state index in [1.807, 2.05) is 18.2 Å². The van der Waals surface area contributed by atoms with Crippen LogP contribution in [0, 0.1) is 0 Å². The molecule has 1 heterocycles. The largest absolute Gasteiger partial charge is 0.496 e. The molecule has 1 saturated heterocycles. The van der Waals surface area contributed by atoms with E-state index >= 15 is 0 Å². The van der Waals surface area contributed by atoms with Crippen LogP contribution in [-0.4, -0.2) is 19.8 Å². The molecule has 1 aromatic rings. The quantitative estimate of drug-likeness (QED) is 0.623. The summed E-state index contributed by atoms with van der Waals surface area (Å²) in [5.74, 6) is 6.48. The van der Waals surface area contributed by atoms with Crippen LogP contribution in [0.25, 0.3) is 0 Å². The van der Waals surface area contributed by atoms with Gasteiger partial charge in [-0.1, -0.05) is 11.6 Å². The number of nitrogens with two attached hydrogens (primary N) is 1. The van der Waals surface area contributed by atoms with E-state index in [-0.39, 0.29) is 6.04 Å². The van der Waals surface area contributed by atoms with Gasteiger partial charge in [-0.3, -0.25) is 11.3 Å². The standard InChI is InChI=1S/C14H21ClN2O2/c1-18-14-7-4-10(15)9-12(14)13(17-16)6-5-11-3-2-8-19-11/h4,7,9,11,13,17H,2-3,5-6,8,16H2,1H3. The molecule has 1 fully saturated rings. The Bertz CT molecular complexity index is 408. The van der Waals surface area contributed by atoms with Crippen LogP contribution in [0.1, 0.15) is 37.3 Å². The molecule has 2 rings (SSSR count). The molecule has 0 saturated carbocycles. The van der Waals surface area contributed by atoms with Gasteiger partial charge < -0.3 is 9.47 Å². The van der Waals surface area contributed by atoms with Crippen molar-refractivity contribution in [1.82, 2.24) is 5.43 Å². The molecule has 2 unspecified atom stereocenters. The summed E-state index contributed by atoms with van der Waals surface area (Å²) in [6.45, 7) is 0.881. The molecule has 0 spiro atoms. The smallest absolute Gasteiger partial charge is 0.123 e. The van der Waals surface area contributed by atoms with Crippen molar-refractivity contribution < 1.29 is 9.47 Å². The van der Waals surface area contributed by atoms with E-state index in [4.69, 9.17) is 26.9 Å². The maximum Gasteiger partial charge on any atom is 0.123 e. The van der Waals surface area contributed by atoms with E-state index in [0.29, 0.717) is 11.1 Å². The van der Waals surface area contributed by atoms with Crippen molar-refractivity contribution in [2.24, 2.45) is 5.84 Å². The molecular weight excluding hydrogens is 264 g/mol. The van der Waals surface area contributed by atoms with Gasteiger partial charge in [0.2, 0.25) is 0 Å². The predicted octanol–water partition coefficient (Wildman–Crippen LogP) is 2.81. The molecule has 1 aliphatic heterocycles. The number of benzene rings is 1. The van der Waals surface area contributed by atoms with E-state index in [1.165, 1.54) is 0 Å². The Labute approximate surface area is 119 Å². The molecule has 0 aromatic heterocycles. The number of hydrazine groups is 1. The molecule has 0 aliphatic carbocycles. The number of methoxy groups -OCH3 is 1. The lowest BCUT2D eigenvalue weighted by Gasteiger charge is -2.20. The highest BCUT2D eigenvalue weighted by molar-refractivity contribution is 6.30. The number of nitrogens with one attached hydrogen (secondary N) is 1. The van der Waals surface area contributed by atoms with E-state index in [1.54, 1.807) is 7.11 Å². The molecular formula is C14H21ClN2O2. The highest BCUT2D eigenvalue weighted by atomic mass is 35.5. The first-order valence-corrected chi connectivity index (χ1v) is 7.03. The van der Waals surface area contributed by atoms with Gasteiger partial charge in [0.05, 0.1) is 13.2 Å². The van der Waals surface area contributed by atoms with Crippen molar-refractivity contribution in [3.8, 4) is 5.75 Å². The van der Waals surface area contributed by atoms with Crippen LogP contribution in [0.2, 0.25) is 5.02 Å². The zero-order valence-corrected chi connectivity index (χ0v) is 12.0. The molecule has 2 atom stereocenters. The minimum absolute atomic E-state index is 0.0258. The Morgan fingerprint density at radius 2 is 2.42 bits per heavy atom. The molecule has 4 nitrogen and oxygen atoms in total. The fourth-order valence-corrected chi connectivity index (χ4v) is 2.71. The fraction of sp³-hybridized carbons (Fsp3) is 0.571. The number of hydrogen-bond acceptors (Lipinski definition) is 4. The van der Waals surface area contributed by atoms with Crippen molar-refractivity contribution >= 4 is 11.6 Å². The van der Waals surface area contributed by atoms with Gasteiger partial charge in [0, 0.05) is 23.2 Å². The summed E-state index contributed by atoms with van der Waals surface area (Å²) >= 11 is 6.05. The van der Waals surface area contributed by atoms with Crippen molar-refractivity contribution in [2.75, 3.05) is 13.7 Å². The summed E-state index contributed by atoms with van der Waals surface area (Å²) in [7, 11) is 1.65. The summed E-state index contributed by atoms with van der Waals surface area (Å²) in [5, 5.41) is 0.688. The zero-order valence-electron chi connectivity index (χ0n) is 11.2. The Balaban J connectivity index is 2.05. The summed E-state index contributed by atoms with van der Waals surface area (Å²) in [4.78, 5) is 0. The van der Waals surface area contributed by atoms with Crippen LogP contribution < -0.4 is 16.0 Å². The average Bonchev–Trinajstić information content (AvgIpc) is 2.93. The summed E-state index contributed by atoms with van der Waals surface area (Å²) < 4.78 is 11.0. The molecule has 3 N–H and O–H groups in total. The molecule has 0 amide bonds. The van der Waals surface area contributed by atoms with E-state index in [9.17, 15) is 0 Å². The maximum absolute atomic E-state index is 6.05. The van der Waals surface area contributed by atoms with Crippen LogP contribution in [0.15, 0.2) is 18.2 Å². The van der Waals surface area contributed by atoms with Crippen LogP contribution in [0.5, 0.6) is 5.75 Å². The lowest BCUT2D eigenvalue weighted by Crippen LogP contribution is -2.29. The summed E-state index contributed by atoms with van der Waals surface area (Å²) in [6, 6.07) is 5.62. The van der Waals surface area contributed by atoms with Gasteiger partial charge in [-0.2, -0.15) is 0 Å². The molecule has 19 heavy (non-hydrogen) atoms. The van der Waals surface area contributed by atoms with Crippen LogP contribution >= 0.6 is 11.6 Å². The third kappa shape index (κ3) is 3.83. The minimum Gasteiger partial charge on any atom is -0.496 e. The lowest BCUT2D eigenvalue weighted by molar-refractivity contribution is 0.0995. The van der Waals surface area contributed by atoms with Gasteiger partial charge in [0.1, 0.15) is 5.75 Å². The van der Waals surface area contributed by atoms with Gasteiger partial charge in [0.25, 0.3) is 0 Å². The van der Waals surface area contributed by atoms with Crippen LogP contribution in [0.3, 0.4) is 0 Å². The Kier molecular flexibility index (Phi) is 5.45. The highest BCUT2D eigenvalue weighted by Gasteiger charge is 2.20. The van der Waals surface area contributed by atoms with Gasteiger partial charge in [-0.25, -0.2) is 0 Å². The normalized spacial score (nSPS) is 20.5. The summed E-state index contributed by atoms with van der Waals surface area (Å²) in [6.07, 6.45) is 4.55. The van der Waals surface area contributed by atoms with Crippen molar-refractivity contribution in [3.63, 3.8) is 0 Å². The highest BCUT2D eigenvalue weighted by Crippen LogP contribution is 2.31. The molecule has 106 valence electrons. The topological polar surface area (TPSA) is 56.5 Å². The second-order valence-corrected chi connectivity index (χ2v) is 5.25. The van der Waals surface area contributed by atoms with E-state index < -0.39 is 0 Å². The minimum atomic E-state index is 0.0258. The molecule has 5 heteroatoms. The van der Waals surface area contributed by atoms with Gasteiger partial charge >= 0.3 is 0 Å². The first-order valence-electron chi connectivity index (χ1n) is 6.65. The third-order valence-corrected chi connectivity index (χ3v) is 3.80. The Morgan fingerprint density at radius 3 is 3.05 bits per heavy atom. The van der Waals surface area contributed by atoms with Crippen molar-refractivity contribution in [3.05, 3.63) is 28.8 Å². The first-order chi connectivity index (χ1) is 9.24. The average molecular weight is 285 g/mol. The van der Waals surface area contributed by atoms with Crippen LogP contribution in [-0.2, 0) is 4.74 Å². The number of hydrogen-bond donors (Lipinski definition) is 2. The van der Waals surface area contributed by atoms with E-state index in [0.717, 1.165) is 43.6 Å². The van der Waals surface area contributed by atoms with E-state index in [2.05, 4.69) is 5.43 Å². The molecule has 0 radical (unpaired) electrons. The predicted molar refractivity (Wildman–Crippen MR) is 76.3 cm³/mol. The second-order valence-electron chi connectivity index (χ2n) is 4.82. The zero-order chi connectivity index (χ0) is 13.7. The maximum atomic E-state index is 6.05. The van der Waals surface area contributed by atoms with Crippen LogP contribution in [0.4, 0.5) is 0 Å². The fourth-order valence-electron chi connectivity index (χ4n) is 2.53. The molecule has 1 aromatic carbocycles. The molecule has 0 bridgehead atoms. The number of rotatable bonds is 6. The Hall–Kier alpha value is -0.810. The second kappa shape index (κ2) is 7.10. The SMILES string of the molecule is COc1ccc(Cl)cc1C(CCC1CCCO1)NN. The van der Waals surface area contributed by atoms with Crippen molar-refractivity contribution in [2.45, 2.75) is 37.8 Å². The summed E-state index contributed by atoms with van der Waals surface area (Å²) in [5.41, 5.74) is 3.85. The van der Waals surface area contributed by atoms with Crippen molar-refractivity contribution in [1.29, 1.82) is 0 Å². The first kappa shape index (κ1) is 14.6. The molecule has 1 aliphatic rings. The lowest BCUT2D eigenvalue weighted by atomic mass is 9.99.